The Morgan fingerprint density at radius 1 is 1.42 bits per heavy atom. The first-order chi connectivity index (χ1) is 11.4. The summed E-state index contributed by atoms with van der Waals surface area (Å²) in [6.07, 6.45) is 1.38. The second-order valence-electron chi connectivity index (χ2n) is 6.60. The lowest BCUT2D eigenvalue weighted by Gasteiger charge is -2.25. The van der Waals surface area contributed by atoms with Gasteiger partial charge in [0.2, 0.25) is 0 Å². The number of carbonyl (C=O) groups is 1. The summed E-state index contributed by atoms with van der Waals surface area (Å²) in [7, 11) is 0. The summed E-state index contributed by atoms with van der Waals surface area (Å²) in [4.78, 5) is 14.6. The molecule has 1 aliphatic rings. The van der Waals surface area contributed by atoms with Crippen LogP contribution in [-0.2, 0) is 0 Å². The lowest BCUT2D eigenvalue weighted by molar-refractivity contribution is 0.0714. The molecule has 5 nitrogen and oxygen atoms in total. The molecule has 1 N–H and O–H groups in total. The van der Waals surface area contributed by atoms with Crippen molar-refractivity contribution in [2.75, 3.05) is 6.54 Å². The fourth-order valence-corrected chi connectivity index (χ4v) is 3.38. The molecule has 0 radical (unpaired) electrons. The first kappa shape index (κ1) is 16.6. The number of halogens is 1. The highest BCUT2D eigenvalue weighted by atomic mass is 19.1. The molecule has 1 aromatic carbocycles. The third kappa shape index (κ3) is 2.94. The number of carbonyl (C=O) groups excluding carboxylic acids is 1. The van der Waals surface area contributed by atoms with Gasteiger partial charge in [0.05, 0.1) is 23.9 Å². The molecule has 24 heavy (non-hydrogen) atoms. The molecule has 1 saturated heterocycles. The fraction of sp³-hybridized carbons (Fsp3) is 0.444. The van der Waals surface area contributed by atoms with E-state index in [2.05, 4.69) is 5.10 Å². The Bertz CT molecular complexity index is 756. The fourth-order valence-electron chi connectivity index (χ4n) is 3.38. The van der Waals surface area contributed by atoms with Crippen LogP contribution in [0.2, 0.25) is 0 Å². The Morgan fingerprint density at radius 2 is 2.17 bits per heavy atom. The lowest BCUT2D eigenvalue weighted by atomic mass is 10.0. The minimum absolute atomic E-state index is 0.162. The molecule has 0 bridgehead atoms. The van der Waals surface area contributed by atoms with Gasteiger partial charge in [0.25, 0.3) is 5.91 Å². The van der Waals surface area contributed by atoms with Crippen molar-refractivity contribution in [1.82, 2.24) is 14.7 Å². The van der Waals surface area contributed by atoms with E-state index in [1.807, 2.05) is 20.8 Å². The molecule has 1 aromatic heterocycles. The van der Waals surface area contributed by atoms with E-state index in [1.54, 1.807) is 27.9 Å². The molecule has 0 saturated carbocycles. The van der Waals surface area contributed by atoms with E-state index in [0.29, 0.717) is 17.5 Å². The van der Waals surface area contributed by atoms with Crippen LogP contribution in [0.5, 0.6) is 0 Å². The van der Waals surface area contributed by atoms with Gasteiger partial charge in [0.1, 0.15) is 5.82 Å². The molecule has 2 heterocycles. The molecule has 0 spiro atoms. The molecular formula is C18H22FN3O2. The Balaban J connectivity index is 1.93. The quantitative estimate of drug-likeness (QED) is 0.941. The van der Waals surface area contributed by atoms with Crippen LogP contribution in [0.3, 0.4) is 0 Å². The van der Waals surface area contributed by atoms with Crippen LogP contribution in [0.25, 0.3) is 0 Å². The predicted molar refractivity (Wildman–Crippen MR) is 88.2 cm³/mol. The van der Waals surface area contributed by atoms with Gasteiger partial charge in [-0.15, -0.1) is 0 Å². The minimum atomic E-state index is -0.609. The minimum Gasteiger partial charge on any atom is -0.391 e. The zero-order valence-electron chi connectivity index (χ0n) is 14.1. The second kappa shape index (κ2) is 6.36. The molecule has 0 unspecified atom stereocenters. The van der Waals surface area contributed by atoms with E-state index in [4.69, 9.17) is 0 Å². The molecule has 1 aliphatic heterocycles. The van der Waals surface area contributed by atoms with E-state index in [0.717, 1.165) is 5.69 Å². The van der Waals surface area contributed by atoms with Crippen LogP contribution in [0.1, 0.15) is 54.0 Å². The van der Waals surface area contributed by atoms with Gasteiger partial charge in [-0.3, -0.25) is 9.48 Å². The number of benzene rings is 1. The van der Waals surface area contributed by atoms with Gasteiger partial charge in [-0.25, -0.2) is 4.39 Å². The first-order valence-corrected chi connectivity index (χ1v) is 8.17. The van der Waals surface area contributed by atoms with Crippen molar-refractivity contribution in [1.29, 1.82) is 0 Å². The molecule has 1 amide bonds. The van der Waals surface area contributed by atoms with Gasteiger partial charge in [0.15, 0.2) is 0 Å². The van der Waals surface area contributed by atoms with Crippen molar-refractivity contribution in [3.8, 4) is 0 Å². The summed E-state index contributed by atoms with van der Waals surface area (Å²) in [5, 5.41) is 14.3. The maximum atomic E-state index is 13.5. The van der Waals surface area contributed by atoms with Gasteiger partial charge in [-0.1, -0.05) is 12.1 Å². The van der Waals surface area contributed by atoms with Gasteiger partial charge in [0, 0.05) is 18.3 Å². The molecule has 3 rings (SSSR count). The lowest BCUT2D eigenvalue weighted by Crippen LogP contribution is -2.32. The average molecular weight is 331 g/mol. The van der Waals surface area contributed by atoms with Crippen molar-refractivity contribution in [2.24, 2.45) is 0 Å². The summed E-state index contributed by atoms with van der Waals surface area (Å²) in [6, 6.07) is 6.04. The van der Waals surface area contributed by atoms with Crippen molar-refractivity contribution in [3.63, 3.8) is 0 Å². The van der Waals surface area contributed by atoms with E-state index in [-0.39, 0.29) is 30.4 Å². The molecule has 2 atom stereocenters. The largest absolute Gasteiger partial charge is 0.391 e. The number of aliphatic hydroxyl groups excluding tert-OH is 1. The number of likely N-dealkylation sites (tertiary alicyclic amines) is 1. The number of amides is 1. The smallest absolute Gasteiger partial charge is 0.257 e. The monoisotopic (exact) mass is 331 g/mol. The van der Waals surface area contributed by atoms with Crippen molar-refractivity contribution in [2.45, 2.75) is 45.4 Å². The highest BCUT2D eigenvalue weighted by Crippen LogP contribution is 2.34. The number of hydrogen-bond donors (Lipinski definition) is 1. The summed E-state index contributed by atoms with van der Waals surface area (Å²) < 4.78 is 15.3. The zero-order chi connectivity index (χ0) is 17.4. The van der Waals surface area contributed by atoms with Crippen LogP contribution >= 0.6 is 0 Å². The summed E-state index contributed by atoms with van der Waals surface area (Å²) in [5.74, 6) is -0.518. The van der Waals surface area contributed by atoms with Gasteiger partial charge in [-0.05, 0) is 44.9 Å². The zero-order valence-corrected chi connectivity index (χ0v) is 14.1. The Labute approximate surface area is 140 Å². The highest BCUT2D eigenvalue weighted by Gasteiger charge is 2.37. The number of hydrogen-bond acceptors (Lipinski definition) is 3. The summed E-state index contributed by atoms with van der Waals surface area (Å²) in [6.45, 7) is 6.11. The Hall–Kier alpha value is -2.21. The molecule has 128 valence electrons. The van der Waals surface area contributed by atoms with E-state index < -0.39 is 6.10 Å². The second-order valence-corrected chi connectivity index (χ2v) is 6.60. The molecule has 6 heteroatoms. The van der Waals surface area contributed by atoms with Gasteiger partial charge < -0.3 is 10.0 Å². The van der Waals surface area contributed by atoms with Crippen LogP contribution in [0, 0.1) is 12.7 Å². The highest BCUT2D eigenvalue weighted by molar-refractivity contribution is 5.95. The predicted octanol–water partition coefficient (Wildman–Crippen LogP) is 2.86. The Morgan fingerprint density at radius 3 is 2.79 bits per heavy atom. The van der Waals surface area contributed by atoms with Crippen LogP contribution in [0.15, 0.2) is 30.5 Å². The normalized spacial score (nSPS) is 20.8. The maximum Gasteiger partial charge on any atom is 0.257 e. The number of aromatic nitrogens is 2. The van der Waals surface area contributed by atoms with Crippen LogP contribution in [0.4, 0.5) is 4.39 Å². The SMILES string of the molecule is Cc1c(C(=O)N2C[C@H](O)C[C@H]2c2cccc(F)c2)cnn1C(C)C. The molecule has 1 fully saturated rings. The van der Waals surface area contributed by atoms with Gasteiger partial charge >= 0.3 is 0 Å². The van der Waals surface area contributed by atoms with E-state index in [9.17, 15) is 14.3 Å². The summed E-state index contributed by atoms with van der Waals surface area (Å²) in [5.41, 5.74) is 2.03. The maximum absolute atomic E-state index is 13.5. The average Bonchev–Trinajstić information content (AvgIpc) is 3.10. The van der Waals surface area contributed by atoms with Crippen molar-refractivity contribution >= 4 is 5.91 Å². The number of rotatable bonds is 3. The molecule has 0 aliphatic carbocycles. The van der Waals surface area contributed by atoms with Gasteiger partial charge in [-0.2, -0.15) is 5.10 Å². The third-order valence-electron chi connectivity index (χ3n) is 4.54. The van der Waals surface area contributed by atoms with Crippen LogP contribution < -0.4 is 0 Å². The third-order valence-corrected chi connectivity index (χ3v) is 4.54. The summed E-state index contributed by atoms with van der Waals surface area (Å²) >= 11 is 0. The topological polar surface area (TPSA) is 58.4 Å². The van der Waals surface area contributed by atoms with E-state index in [1.165, 1.54) is 12.1 Å². The van der Waals surface area contributed by atoms with Crippen molar-refractivity contribution in [3.05, 3.63) is 53.1 Å². The Kier molecular flexibility index (Phi) is 4.41. The number of β-amino-alcohol motifs (C(OH)–C–C–N with tert-alkyl or cyclic N) is 1. The van der Waals surface area contributed by atoms with Crippen LogP contribution in [-0.4, -0.2) is 38.3 Å². The number of nitrogens with zero attached hydrogens (tertiary/aromatic N) is 3. The van der Waals surface area contributed by atoms with E-state index >= 15 is 0 Å². The molecular weight excluding hydrogens is 309 g/mol. The molecule has 2 aromatic rings. The standard InChI is InChI=1S/C18H22FN3O2/c1-11(2)22-12(3)16(9-20-22)18(24)21-10-15(23)8-17(21)13-5-4-6-14(19)7-13/h4-7,9,11,15,17,23H,8,10H2,1-3H3/t15-,17+/m1/s1. The first-order valence-electron chi connectivity index (χ1n) is 8.17. The van der Waals surface area contributed by atoms with Crippen molar-refractivity contribution < 1.29 is 14.3 Å². The number of aliphatic hydroxyl groups is 1.